The van der Waals surface area contributed by atoms with Gasteiger partial charge in [0.2, 0.25) is 5.91 Å². The molecule has 1 aromatic carbocycles. The second-order valence-electron chi connectivity index (χ2n) is 5.65. The summed E-state index contributed by atoms with van der Waals surface area (Å²) < 4.78 is 5.63. The van der Waals surface area contributed by atoms with Crippen molar-refractivity contribution >= 4 is 11.6 Å². The molecule has 1 aliphatic heterocycles. The first kappa shape index (κ1) is 13.1. The van der Waals surface area contributed by atoms with Gasteiger partial charge in [-0.15, -0.1) is 0 Å². The molecule has 0 aromatic heterocycles. The van der Waals surface area contributed by atoms with Crippen molar-refractivity contribution in [2.45, 2.75) is 39.2 Å². The van der Waals surface area contributed by atoms with E-state index >= 15 is 0 Å². The first-order chi connectivity index (χ1) is 8.46. The summed E-state index contributed by atoms with van der Waals surface area (Å²) in [6.07, 6.45) is 1.59. The average molecular weight is 247 g/mol. The quantitative estimate of drug-likeness (QED) is 0.872. The molecule has 18 heavy (non-hydrogen) atoms. The minimum Gasteiger partial charge on any atom is -0.376 e. The molecule has 1 atom stereocenters. The van der Waals surface area contributed by atoms with Gasteiger partial charge in [0.15, 0.2) is 0 Å². The molecule has 3 nitrogen and oxygen atoms in total. The fraction of sp³-hybridized carbons (Fsp3) is 0.533. The molecule has 1 amide bonds. The van der Waals surface area contributed by atoms with E-state index in [0.717, 1.165) is 18.5 Å². The van der Waals surface area contributed by atoms with Gasteiger partial charge in [0.1, 0.15) is 0 Å². The molecule has 0 bridgehead atoms. The van der Waals surface area contributed by atoms with Crippen molar-refractivity contribution in [1.82, 2.24) is 0 Å². The first-order valence-electron chi connectivity index (χ1n) is 6.48. The smallest absolute Gasteiger partial charge is 0.227 e. The lowest BCUT2D eigenvalue weighted by Gasteiger charge is -2.34. The summed E-state index contributed by atoms with van der Waals surface area (Å²) in [6.45, 7) is 6.78. The highest BCUT2D eigenvalue weighted by molar-refractivity contribution is 5.92. The number of carbonyl (C=O) groups is 1. The number of hydrogen-bond donors (Lipinski definition) is 1. The molecule has 0 spiro atoms. The van der Waals surface area contributed by atoms with Crippen LogP contribution in [0.5, 0.6) is 0 Å². The second kappa shape index (κ2) is 5.11. The molecule has 98 valence electrons. The van der Waals surface area contributed by atoms with Crippen molar-refractivity contribution in [1.29, 1.82) is 0 Å². The Balaban J connectivity index is 1.97. The molecule has 1 aromatic rings. The highest BCUT2D eigenvalue weighted by Gasteiger charge is 2.32. The fourth-order valence-electron chi connectivity index (χ4n) is 2.34. The molecule has 0 aliphatic carbocycles. The lowest BCUT2D eigenvalue weighted by atomic mass is 9.88. The van der Waals surface area contributed by atoms with Gasteiger partial charge in [-0.1, -0.05) is 17.7 Å². The molecule has 0 radical (unpaired) electrons. The van der Waals surface area contributed by atoms with Crippen LogP contribution in [0, 0.1) is 12.8 Å². The maximum Gasteiger partial charge on any atom is 0.227 e. The summed E-state index contributed by atoms with van der Waals surface area (Å²) >= 11 is 0. The fourth-order valence-corrected chi connectivity index (χ4v) is 2.34. The number of nitrogens with one attached hydrogen (secondary N) is 1. The first-order valence-corrected chi connectivity index (χ1v) is 6.48. The standard InChI is InChI=1S/C15H21NO2/c1-11-4-6-13(7-5-11)16-14(17)12-8-9-18-15(2,3)10-12/h4-7,12H,8-10H2,1-3H3,(H,16,17). The van der Waals surface area contributed by atoms with Crippen LogP contribution in [0.1, 0.15) is 32.3 Å². The molecule has 1 heterocycles. The van der Waals surface area contributed by atoms with Crippen LogP contribution >= 0.6 is 0 Å². The molecule has 1 N–H and O–H groups in total. The Morgan fingerprint density at radius 3 is 2.61 bits per heavy atom. The molecular formula is C15H21NO2. The topological polar surface area (TPSA) is 38.3 Å². The Hall–Kier alpha value is -1.35. The summed E-state index contributed by atoms with van der Waals surface area (Å²) in [5, 5.41) is 2.98. The zero-order valence-electron chi connectivity index (χ0n) is 11.3. The third-order valence-corrected chi connectivity index (χ3v) is 3.39. The molecule has 0 saturated carbocycles. The van der Waals surface area contributed by atoms with E-state index in [9.17, 15) is 4.79 Å². The highest BCUT2D eigenvalue weighted by Crippen LogP contribution is 2.29. The minimum absolute atomic E-state index is 0.0510. The number of amides is 1. The lowest BCUT2D eigenvalue weighted by molar-refractivity contribution is -0.130. The normalized spacial score (nSPS) is 22.5. The van der Waals surface area contributed by atoms with Crippen LogP contribution in [-0.4, -0.2) is 18.1 Å². The zero-order valence-corrected chi connectivity index (χ0v) is 11.3. The van der Waals surface area contributed by atoms with Crippen LogP contribution in [0.3, 0.4) is 0 Å². The molecule has 1 unspecified atom stereocenters. The Bertz CT molecular complexity index is 423. The Morgan fingerprint density at radius 2 is 2.00 bits per heavy atom. The third kappa shape index (κ3) is 3.33. The molecule has 2 rings (SSSR count). The molecule has 1 aliphatic rings. The van der Waals surface area contributed by atoms with E-state index < -0.39 is 0 Å². The van der Waals surface area contributed by atoms with E-state index in [1.165, 1.54) is 5.56 Å². The van der Waals surface area contributed by atoms with Crippen molar-refractivity contribution in [3.05, 3.63) is 29.8 Å². The van der Waals surface area contributed by atoms with Crippen molar-refractivity contribution < 1.29 is 9.53 Å². The van der Waals surface area contributed by atoms with E-state index in [-0.39, 0.29) is 17.4 Å². The Morgan fingerprint density at radius 1 is 1.33 bits per heavy atom. The number of anilines is 1. The zero-order chi connectivity index (χ0) is 13.2. The number of aryl methyl sites for hydroxylation is 1. The van der Waals surface area contributed by atoms with E-state index in [2.05, 4.69) is 5.32 Å². The molecule has 3 heteroatoms. The van der Waals surface area contributed by atoms with Crippen LogP contribution < -0.4 is 5.32 Å². The number of benzene rings is 1. The maximum atomic E-state index is 12.2. The van der Waals surface area contributed by atoms with E-state index in [1.807, 2.05) is 45.0 Å². The monoisotopic (exact) mass is 247 g/mol. The molecular weight excluding hydrogens is 226 g/mol. The summed E-state index contributed by atoms with van der Waals surface area (Å²) in [5.41, 5.74) is 1.88. The van der Waals surface area contributed by atoms with Gasteiger partial charge >= 0.3 is 0 Å². The van der Waals surface area contributed by atoms with Crippen LogP contribution in [0.25, 0.3) is 0 Å². The number of ether oxygens (including phenoxy) is 1. The summed E-state index contributed by atoms with van der Waals surface area (Å²) in [6, 6.07) is 7.89. The number of carbonyl (C=O) groups excluding carboxylic acids is 1. The van der Waals surface area contributed by atoms with Crippen molar-refractivity contribution in [3.8, 4) is 0 Å². The SMILES string of the molecule is Cc1ccc(NC(=O)C2CCOC(C)(C)C2)cc1. The van der Waals surface area contributed by atoms with Crippen molar-refractivity contribution in [2.75, 3.05) is 11.9 Å². The number of rotatable bonds is 2. The van der Waals surface area contributed by atoms with Crippen LogP contribution in [0.4, 0.5) is 5.69 Å². The van der Waals surface area contributed by atoms with Gasteiger partial charge < -0.3 is 10.1 Å². The summed E-state index contributed by atoms with van der Waals surface area (Å²) in [5.74, 6) is 0.158. The largest absolute Gasteiger partial charge is 0.376 e. The van der Waals surface area contributed by atoms with Gasteiger partial charge in [-0.3, -0.25) is 4.79 Å². The third-order valence-electron chi connectivity index (χ3n) is 3.39. The van der Waals surface area contributed by atoms with Gasteiger partial charge in [-0.25, -0.2) is 0 Å². The Kier molecular flexibility index (Phi) is 3.71. The summed E-state index contributed by atoms with van der Waals surface area (Å²) in [4.78, 5) is 12.2. The predicted molar refractivity (Wildman–Crippen MR) is 72.6 cm³/mol. The van der Waals surface area contributed by atoms with Gasteiger partial charge in [-0.2, -0.15) is 0 Å². The van der Waals surface area contributed by atoms with E-state index in [4.69, 9.17) is 4.74 Å². The van der Waals surface area contributed by atoms with Crippen LogP contribution in [0.2, 0.25) is 0 Å². The average Bonchev–Trinajstić information content (AvgIpc) is 2.31. The molecule has 1 saturated heterocycles. The number of hydrogen-bond acceptors (Lipinski definition) is 2. The van der Waals surface area contributed by atoms with E-state index in [1.54, 1.807) is 0 Å². The van der Waals surface area contributed by atoms with Crippen molar-refractivity contribution in [3.63, 3.8) is 0 Å². The Labute approximate surface area is 109 Å². The maximum absolute atomic E-state index is 12.2. The van der Waals surface area contributed by atoms with Gasteiger partial charge in [-0.05, 0) is 45.7 Å². The van der Waals surface area contributed by atoms with Crippen molar-refractivity contribution in [2.24, 2.45) is 5.92 Å². The van der Waals surface area contributed by atoms with E-state index in [0.29, 0.717) is 6.61 Å². The predicted octanol–water partition coefficient (Wildman–Crippen LogP) is 3.14. The summed E-state index contributed by atoms with van der Waals surface area (Å²) in [7, 11) is 0. The van der Waals surface area contributed by atoms with Gasteiger partial charge in [0, 0.05) is 18.2 Å². The van der Waals surface area contributed by atoms with Gasteiger partial charge in [0.25, 0.3) is 0 Å². The lowest BCUT2D eigenvalue weighted by Crippen LogP contribution is -2.39. The van der Waals surface area contributed by atoms with Crippen LogP contribution in [-0.2, 0) is 9.53 Å². The molecule has 1 fully saturated rings. The van der Waals surface area contributed by atoms with Gasteiger partial charge in [0.05, 0.1) is 5.60 Å². The minimum atomic E-state index is -0.187. The highest BCUT2D eigenvalue weighted by atomic mass is 16.5. The van der Waals surface area contributed by atoms with Crippen LogP contribution in [0.15, 0.2) is 24.3 Å². The second-order valence-corrected chi connectivity index (χ2v) is 5.65.